The molecular formula is C24H38IN5O2. The Bertz CT molecular complexity index is 837. The molecule has 0 aliphatic carbocycles. The maximum Gasteiger partial charge on any atom is 0.191 e. The highest BCUT2D eigenvalue weighted by atomic mass is 127. The first-order valence-corrected chi connectivity index (χ1v) is 11.6. The number of aromatic nitrogens is 1. The number of aliphatic hydroxyl groups is 1. The molecule has 2 aromatic rings. The van der Waals surface area contributed by atoms with Crippen molar-refractivity contribution in [1.29, 1.82) is 0 Å². The van der Waals surface area contributed by atoms with Crippen LogP contribution in [0.4, 0.5) is 0 Å². The predicted octanol–water partition coefficient (Wildman–Crippen LogP) is 3.67. The van der Waals surface area contributed by atoms with Crippen LogP contribution in [0, 0.1) is 0 Å². The number of guanidine groups is 1. The zero-order chi connectivity index (χ0) is 22.1. The van der Waals surface area contributed by atoms with Crippen molar-refractivity contribution < 1.29 is 9.63 Å². The van der Waals surface area contributed by atoms with E-state index < -0.39 is 6.10 Å². The Kier molecular flexibility index (Phi) is 11.5. The molecule has 7 nitrogen and oxygen atoms in total. The van der Waals surface area contributed by atoms with E-state index in [1.807, 2.05) is 13.0 Å². The second-order valence-electron chi connectivity index (χ2n) is 8.22. The fraction of sp³-hybridized carbons (Fsp3) is 0.583. The fourth-order valence-electron chi connectivity index (χ4n) is 4.09. The van der Waals surface area contributed by atoms with Gasteiger partial charge in [-0.3, -0.25) is 4.90 Å². The summed E-state index contributed by atoms with van der Waals surface area (Å²) in [6.45, 7) is 10.5. The Hall–Kier alpha value is -1.65. The van der Waals surface area contributed by atoms with Gasteiger partial charge in [-0.25, -0.2) is 4.99 Å². The highest BCUT2D eigenvalue weighted by molar-refractivity contribution is 14.0. The van der Waals surface area contributed by atoms with Gasteiger partial charge < -0.3 is 20.3 Å². The highest BCUT2D eigenvalue weighted by Gasteiger charge is 2.18. The van der Waals surface area contributed by atoms with Gasteiger partial charge in [0.2, 0.25) is 0 Å². The second-order valence-corrected chi connectivity index (χ2v) is 8.22. The summed E-state index contributed by atoms with van der Waals surface area (Å²) in [5, 5.41) is 21.2. The van der Waals surface area contributed by atoms with E-state index in [9.17, 15) is 5.11 Å². The molecule has 2 heterocycles. The van der Waals surface area contributed by atoms with Crippen LogP contribution in [0.2, 0.25) is 0 Å². The van der Waals surface area contributed by atoms with E-state index in [0.29, 0.717) is 31.5 Å². The molecule has 178 valence electrons. The molecule has 1 unspecified atom stereocenters. The van der Waals surface area contributed by atoms with E-state index in [2.05, 4.69) is 63.8 Å². The SMILES string of the molecule is CCNC(=NCc1cc(C(CC)CC)no1)NCC(O)CN1CCc2ccccc2C1.I. The molecule has 0 amide bonds. The summed E-state index contributed by atoms with van der Waals surface area (Å²) in [6, 6.07) is 10.6. The van der Waals surface area contributed by atoms with Crippen LogP contribution < -0.4 is 10.6 Å². The molecule has 1 aromatic carbocycles. The molecule has 1 aliphatic heterocycles. The number of aliphatic imine (C=N–C) groups is 1. The van der Waals surface area contributed by atoms with Crippen LogP contribution >= 0.6 is 24.0 Å². The van der Waals surface area contributed by atoms with E-state index in [1.165, 1.54) is 11.1 Å². The van der Waals surface area contributed by atoms with Gasteiger partial charge in [-0.05, 0) is 37.3 Å². The lowest BCUT2D eigenvalue weighted by molar-refractivity contribution is 0.108. The first-order chi connectivity index (χ1) is 15.1. The Morgan fingerprint density at radius 3 is 2.66 bits per heavy atom. The summed E-state index contributed by atoms with van der Waals surface area (Å²) in [5.74, 6) is 1.86. The van der Waals surface area contributed by atoms with Crippen LogP contribution in [0.25, 0.3) is 0 Å². The number of halogens is 1. The van der Waals surface area contributed by atoms with Gasteiger partial charge in [0.15, 0.2) is 11.7 Å². The number of hydrogen-bond donors (Lipinski definition) is 3. The molecule has 8 heteroatoms. The number of hydrogen-bond acceptors (Lipinski definition) is 5. The van der Waals surface area contributed by atoms with Crippen molar-refractivity contribution >= 4 is 29.9 Å². The summed E-state index contributed by atoms with van der Waals surface area (Å²) < 4.78 is 5.46. The molecule has 0 bridgehead atoms. The quantitative estimate of drug-likeness (QED) is 0.236. The van der Waals surface area contributed by atoms with E-state index in [1.54, 1.807) is 0 Å². The van der Waals surface area contributed by atoms with E-state index in [4.69, 9.17) is 4.52 Å². The molecule has 3 N–H and O–H groups in total. The fourth-order valence-corrected chi connectivity index (χ4v) is 4.09. The number of nitrogens with zero attached hydrogens (tertiary/aromatic N) is 3. The van der Waals surface area contributed by atoms with Gasteiger partial charge in [0.1, 0.15) is 6.54 Å². The molecule has 32 heavy (non-hydrogen) atoms. The van der Waals surface area contributed by atoms with Crippen LogP contribution in [-0.4, -0.2) is 53.4 Å². The van der Waals surface area contributed by atoms with Crippen LogP contribution in [0.5, 0.6) is 0 Å². The molecule has 0 saturated heterocycles. The summed E-state index contributed by atoms with van der Waals surface area (Å²) in [6.07, 6.45) is 2.67. The smallest absolute Gasteiger partial charge is 0.191 e. The monoisotopic (exact) mass is 555 g/mol. The highest BCUT2D eigenvalue weighted by Crippen LogP contribution is 2.22. The Morgan fingerprint density at radius 2 is 1.94 bits per heavy atom. The Labute approximate surface area is 209 Å². The van der Waals surface area contributed by atoms with Crippen molar-refractivity contribution in [3.8, 4) is 0 Å². The van der Waals surface area contributed by atoms with Crippen LogP contribution in [0.3, 0.4) is 0 Å². The minimum Gasteiger partial charge on any atom is -0.390 e. The van der Waals surface area contributed by atoms with Gasteiger partial charge in [0.25, 0.3) is 0 Å². The van der Waals surface area contributed by atoms with E-state index in [-0.39, 0.29) is 24.0 Å². The topological polar surface area (TPSA) is 85.9 Å². The van der Waals surface area contributed by atoms with Crippen LogP contribution in [0.1, 0.15) is 62.1 Å². The number of β-amino-alcohol motifs (C(OH)–C–C–N with tert-alkyl or cyclic N) is 1. The van der Waals surface area contributed by atoms with Crippen LogP contribution in [-0.2, 0) is 19.5 Å². The maximum absolute atomic E-state index is 10.6. The average molecular weight is 556 g/mol. The summed E-state index contributed by atoms with van der Waals surface area (Å²) in [7, 11) is 0. The van der Waals surface area contributed by atoms with Crippen molar-refractivity contribution in [3.05, 3.63) is 52.9 Å². The Balaban J connectivity index is 0.00000363. The van der Waals surface area contributed by atoms with Gasteiger partial charge in [-0.2, -0.15) is 0 Å². The van der Waals surface area contributed by atoms with Gasteiger partial charge in [-0.15, -0.1) is 24.0 Å². The van der Waals surface area contributed by atoms with E-state index >= 15 is 0 Å². The second kappa shape index (κ2) is 13.8. The third kappa shape index (κ3) is 7.74. The Morgan fingerprint density at radius 1 is 1.19 bits per heavy atom. The summed E-state index contributed by atoms with van der Waals surface area (Å²) in [5.41, 5.74) is 3.79. The molecule has 0 fully saturated rings. The molecular weight excluding hydrogens is 517 g/mol. The van der Waals surface area contributed by atoms with Crippen molar-refractivity contribution in [2.24, 2.45) is 4.99 Å². The molecule has 0 radical (unpaired) electrons. The normalized spacial score (nSPS) is 15.2. The summed E-state index contributed by atoms with van der Waals surface area (Å²) >= 11 is 0. The standard InChI is InChI=1S/C24H37N5O2.HI/c1-4-18(5-2)23-13-22(31-28-23)15-27-24(25-6-3)26-14-21(30)17-29-12-11-19-9-7-8-10-20(19)16-29;/h7-10,13,18,21,30H,4-6,11-12,14-17H2,1-3H3,(H2,25,26,27);1H. The van der Waals surface area contributed by atoms with Crippen molar-refractivity contribution in [2.45, 2.75) is 65.1 Å². The van der Waals surface area contributed by atoms with Crippen molar-refractivity contribution in [1.82, 2.24) is 20.7 Å². The molecule has 0 saturated carbocycles. The molecule has 1 atom stereocenters. The molecule has 3 rings (SSSR count). The van der Waals surface area contributed by atoms with Crippen molar-refractivity contribution in [3.63, 3.8) is 0 Å². The minimum absolute atomic E-state index is 0. The van der Waals surface area contributed by atoms with Gasteiger partial charge in [-0.1, -0.05) is 43.3 Å². The first-order valence-electron chi connectivity index (χ1n) is 11.6. The number of fused-ring (bicyclic) bond motifs is 1. The van der Waals surface area contributed by atoms with Gasteiger partial charge in [0.05, 0.1) is 11.8 Å². The van der Waals surface area contributed by atoms with E-state index in [0.717, 1.165) is 50.4 Å². The summed E-state index contributed by atoms with van der Waals surface area (Å²) in [4.78, 5) is 6.90. The lowest BCUT2D eigenvalue weighted by Gasteiger charge is -2.30. The maximum atomic E-state index is 10.6. The number of nitrogens with one attached hydrogen (secondary N) is 2. The largest absolute Gasteiger partial charge is 0.390 e. The minimum atomic E-state index is -0.471. The number of benzene rings is 1. The third-order valence-corrected chi connectivity index (χ3v) is 5.90. The molecule has 1 aliphatic rings. The number of rotatable bonds is 10. The van der Waals surface area contributed by atoms with Crippen LogP contribution in [0.15, 0.2) is 39.8 Å². The zero-order valence-corrected chi connectivity index (χ0v) is 21.8. The van der Waals surface area contributed by atoms with Crippen molar-refractivity contribution in [2.75, 3.05) is 26.2 Å². The average Bonchev–Trinajstić information content (AvgIpc) is 3.25. The first kappa shape index (κ1) is 26.6. The zero-order valence-electron chi connectivity index (χ0n) is 19.5. The lowest BCUT2D eigenvalue weighted by Crippen LogP contribution is -2.45. The number of aliphatic hydroxyl groups excluding tert-OH is 1. The van der Waals surface area contributed by atoms with Gasteiger partial charge in [0, 0.05) is 44.7 Å². The lowest BCUT2D eigenvalue weighted by atomic mass is 9.99. The molecule has 0 spiro atoms. The predicted molar refractivity (Wildman–Crippen MR) is 139 cm³/mol. The molecule has 1 aromatic heterocycles. The van der Waals surface area contributed by atoms with Gasteiger partial charge >= 0.3 is 0 Å². The third-order valence-electron chi connectivity index (χ3n) is 5.90.